The first kappa shape index (κ1) is 24.6. The average Bonchev–Trinajstić information content (AvgIpc) is 3.68. The highest BCUT2D eigenvalue weighted by atomic mass is 15.2. The SMILES string of the molecule is c1ccc(-n2ccc3nc(-n4c5ccccc5c5ccccc54)nc(-c4cccc(-c5cccc6ccccc56)c4)c32)cc1. The van der Waals surface area contributed by atoms with Crippen molar-refractivity contribution in [2.75, 3.05) is 0 Å². The Morgan fingerprint density at radius 1 is 0.477 bits per heavy atom. The van der Waals surface area contributed by atoms with Gasteiger partial charge < -0.3 is 4.57 Å². The Labute approximate surface area is 254 Å². The zero-order chi connectivity index (χ0) is 29.0. The van der Waals surface area contributed by atoms with Gasteiger partial charge in [-0.15, -0.1) is 0 Å². The van der Waals surface area contributed by atoms with E-state index in [0.29, 0.717) is 5.95 Å². The molecule has 0 aliphatic carbocycles. The number of aromatic nitrogens is 4. The number of para-hydroxylation sites is 3. The molecule has 44 heavy (non-hydrogen) atoms. The third kappa shape index (κ3) is 3.78. The van der Waals surface area contributed by atoms with E-state index in [-0.39, 0.29) is 0 Å². The molecule has 3 heterocycles. The number of hydrogen-bond acceptors (Lipinski definition) is 2. The summed E-state index contributed by atoms with van der Waals surface area (Å²) in [5.74, 6) is 0.659. The summed E-state index contributed by atoms with van der Waals surface area (Å²) >= 11 is 0. The first-order chi connectivity index (χ1) is 21.8. The van der Waals surface area contributed by atoms with E-state index in [1.165, 1.54) is 27.1 Å². The molecule has 9 rings (SSSR count). The monoisotopic (exact) mass is 562 g/mol. The van der Waals surface area contributed by atoms with E-state index in [2.05, 4.69) is 161 Å². The van der Waals surface area contributed by atoms with E-state index in [1.807, 2.05) is 6.07 Å². The van der Waals surface area contributed by atoms with Crippen molar-refractivity contribution >= 4 is 43.6 Å². The van der Waals surface area contributed by atoms with Crippen molar-refractivity contribution in [1.82, 2.24) is 19.1 Å². The molecular formula is C40H26N4. The molecule has 4 nitrogen and oxygen atoms in total. The molecule has 0 fully saturated rings. The predicted octanol–water partition coefficient (Wildman–Crippen LogP) is 10.0. The summed E-state index contributed by atoms with van der Waals surface area (Å²) in [4.78, 5) is 10.6. The number of fused-ring (bicyclic) bond motifs is 5. The molecule has 0 amide bonds. The average molecular weight is 563 g/mol. The third-order valence-electron chi connectivity index (χ3n) is 8.57. The molecule has 0 saturated carbocycles. The molecule has 4 heteroatoms. The van der Waals surface area contributed by atoms with E-state index < -0.39 is 0 Å². The lowest BCUT2D eigenvalue weighted by Crippen LogP contribution is -2.04. The molecule has 0 aliphatic rings. The van der Waals surface area contributed by atoms with Gasteiger partial charge in [0.2, 0.25) is 5.95 Å². The van der Waals surface area contributed by atoms with Gasteiger partial charge in [0, 0.05) is 28.2 Å². The lowest BCUT2D eigenvalue weighted by atomic mass is 9.96. The van der Waals surface area contributed by atoms with Gasteiger partial charge in [0.15, 0.2) is 0 Å². The molecule has 0 aliphatic heterocycles. The van der Waals surface area contributed by atoms with E-state index >= 15 is 0 Å². The molecule has 206 valence electrons. The smallest absolute Gasteiger partial charge is 0.235 e. The highest BCUT2D eigenvalue weighted by Crippen LogP contribution is 2.36. The normalized spacial score (nSPS) is 11.6. The molecule has 0 unspecified atom stereocenters. The fraction of sp³-hybridized carbons (Fsp3) is 0. The van der Waals surface area contributed by atoms with Gasteiger partial charge in [-0.05, 0) is 58.3 Å². The van der Waals surface area contributed by atoms with E-state index in [1.54, 1.807) is 0 Å². The van der Waals surface area contributed by atoms with Crippen molar-refractivity contribution in [3.8, 4) is 34.0 Å². The quantitative estimate of drug-likeness (QED) is 0.214. The Hall–Kier alpha value is -6.00. The maximum absolute atomic E-state index is 5.40. The summed E-state index contributed by atoms with van der Waals surface area (Å²) in [6.45, 7) is 0. The summed E-state index contributed by atoms with van der Waals surface area (Å²) in [5, 5.41) is 4.84. The van der Waals surface area contributed by atoms with Crippen LogP contribution in [0.4, 0.5) is 0 Å². The van der Waals surface area contributed by atoms with Gasteiger partial charge in [0.25, 0.3) is 0 Å². The zero-order valence-electron chi connectivity index (χ0n) is 23.8. The Morgan fingerprint density at radius 2 is 1.11 bits per heavy atom. The van der Waals surface area contributed by atoms with Crippen molar-refractivity contribution in [1.29, 1.82) is 0 Å². The molecular weight excluding hydrogens is 536 g/mol. The lowest BCUT2D eigenvalue weighted by Gasteiger charge is -2.14. The van der Waals surface area contributed by atoms with Gasteiger partial charge in [0.1, 0.15) is 5.69 Å². The molecule has 9 aromatic rings. The summed E-state index contributed by atoms with van der Waals surface area (Å²) < 4.78 is 4.40. The van der Waals surface area contributed by atoms with Crippen molar-refractivity contribution in [2.45, 2.75) is 0 Å². The van der Waals surface area contributed by atoms with Crippen molar-refractivity contribution in [3.63, 3.8) is 0 Å². The second kappa shape index (κ2) is 9.79. The van der Waals surface area contributed by atoms with Crippen LogP contribution < -0.4 is 0 Å². The maximum atomic E-state index is 5.40. The number of benzene rings is 6. The topological polar surface area (TPSA) is 35.6 Å². The molecule has 6 aromatic carbocycles. The fourth-order valence-electron chi connectivity index (χ4n) is 6.59. The molecule has 0 radical (unpaired) electrons. The van der Waals surface area contributed by atoms with Crippen LogP contribution in [-0.4, -0.2) is 19.1 Å². The van der Waals surface area contributed by atoms with Gasteiger partial charge in [-0.2, -0.15) is 0 Å². The second-order valence-corrected chi connectivity index (χ2v) is 11.1. The standard InChI is InChI=1S/C40H26N4/c1-2-16-30(17-3-1)43-25-24-35-39(43)38(29-15-10-14-28(26-29)32-21-11-13-27-12-4-5-18-31(27)32)42-40(41-35)44-36-22-8-6-19-33(36)34-20-7-9-23-37(34)44/h1-26H. The zero-order valence-corrected chi connectivity index (χ0v) is 23.8. The van der Waals surface area contributed by atoms with Crippen molar-refractivity contribution in [2.24, 2.45) is 0 Å². The van der Waals surface area contributed by atoms with Crippen LogP contribution in [-0.2, 0) is 0 Å². The number of hydrogen-bond donors (Lipinski definition) is 0. The van der Waals surface area contributed by atoms with Crippen molar-refractivity contribution in [3.05, 3.63) is 158 Å². The molecule has 0 atom stereocenters. The van der Waals surface area contributed by atoms with Crippen LogP contribution in [0.2, 0.25) is 0 Å². The Kier molecular flexibility index (Phi) is 5.47. The van der Waals surface area contributed by atoms with Crippen LogP contribution in [0.15, 0.2) is 158 Å². The lowest BCUT2D eigenvalue weighted by molar-refractivity contribution is 1.01. The predicted molar refractivity (Wildman–Crippen MR) is 182 cm³/mol. The van der Waals surface area contributed by atoms with Crippen LogP contribution in [0.25, 0.3) is 77.6 Å². The van der Waals surface area contributed by atoms with Crippen LogP contribution in [0.1, 0.15) is 0 Å². The molecule has 0 bridgehead atoms. The van der Waals surface area contributed by atoms with E-state index in [0.717, 1.165) is 44.6 Å². The molecule has 0 saturated heterocycles. The summed E-state index contributed by atoms with van der Waals surface area (Å²) in [7, 11) is 0. The minimum Gasteiger partial charge on any atom is -0.313 e. The Bertz CT molecular complexity index is 2440. The van der Waals surface area contributed by atoms with Gasteiger partial charge in [-0.3, -0.25) is 4.57 Å². The summed E-state index contributed by atoms with van der Waals surface area (Å²) in [5.41, 5.74) is 9.42. The Morgan fingerprint density at radius 3 is 1.91 bits per heavy atom. The number of rotatable bonds is 4. The highest BCUT2D eigenvalue weighted by Gasteiger charge is 2.20. The third-order valence-corrected chi connectivity index (χ3v) is 8.57. The minimum absolute atomic E-state index is 0.659. The highest BCUT2D eigenvalue weighted by molar-refractivity contribution is 6.09. The van der Waals surface area contributed by atoms with Gasteiger partial charge in [-0.25, -0.2) is 9.97 Å². The van der Waals surface area contributed by atoms with E-state index in [4.69, 9.17) is 9.97 Å². The molecule has 3 aromatic heterocycles. The van der Waals surface area contributed by atoms with Crippen molar-refractivity contribution < 1.29 is 0 Å². The number of nitrogens with zero attached hydrogens (tertiary/aromatic N) is 4. The summed E-state index contributed by atoms with van der Waals surface area (Å²) in [6, 6.07) is 53.3. The molecule has 0 spiro atoms. The Balaban J connectivity index is 1.34. The minimum atomic E-state index is 0.659. The van der Waals surface area contributed by atoms with Crippen LogP contribution in [0.3, 0.4) is 0 Å². The van der Waals surface area contributed by atoms with Crippen LogP contribution in [0, 0.1) is 0 Å². The van der Waals surface area contributed by atoms with Gasteiger partial charge in [-0.1, -0.05) is 115 Å². The maximum Gasteiger partial charge on any atom is 0.235 e. The largest absolute Gasteiger partial charge is 0.313 e. The fourth-order valence-corrected chi connectivity index (χ4v) is 6.59. The second-order valence-electron chi connectivity index (χ2n) is 11.1. The summed E-state index contributed by atoms with van der Waals surface area (Å²) in [6.07, 6.45) is 2.10. The van der Waals surface area contributed by atoms with Crippen LogP contribution in [0.5, 0.6) is 0 Å². The first-order valence-corrected chi connectivity index (χ1v) is 14.9. The first-order valence-electron chi connectivity index (χ1n) is 14.9. The van der Waals surface area contributed by atoms with E-state index in [9.17, 15) is 0 Å². The molecule has 0 N–H and O–H groups in total. The van der Waals surface area contributed by atoms with Gasteiger partial charge >= 0.3 is 0 Å². The van der Waals surface area contributed by atoms with Crippen LogP contribution >= 0.6 is 0 Å². The van der Waals surface area contributed by atoms with Gasteiger partial charge in [0.05, 0.1) is 22.1 Å².